The van der Waals surface area contributed by atoms with Crippen LogP contribution >= 0.6 is 0 Å². The van der Waals surface area contributed by atoms with Crippen LogP contribution in [-0.4, -0.2) is 10.2 Å². The van der Waals surface area contributed by atoms with Gasteiger partial charge in [0, 0.05) is 17.3 Å². The number of hydrogen-bond acceptors (Lipinski definition) is 2. The average molecular weight is 228 g/mol. The number of hydrogen-bond donors (Lipinski definition) is 0. The fourth-order valence-corrected chi connectivity index (χ4v) is 4.15. The number of nitrogens with zero attached hydrogens (tertiary/aromatic N) is 2. The van der Waals surface area contributed by atoms with Gasteiger partial charge in [0.25, 0.3) is 0 Å². The molecule has 0 saturated heterocycles. The van der Waals surface area contributed by atoms with Gasteiger partial charge in [0.15, 0.2) is 0 Å². The molecule has 0 amide bonds. The molecule has 1 aromatic rings. The summed E-state index contributed by atoms with van der Waals surface area (Å²) in [5.74, 6) is 1.36. The van der Waals surface area contributed by atoms with Crippen molar-refractivity contribution in [2.75, 3.05) is 0 Å². The lowest BCUT2D eigenvalue weighted by molar-refractivity contribution is 0.230. The Kier molecular flexibility index (Phi) is 1.61. The Bertz CT molecular complexity index is 502. The van der Waals surface area contributed by atoms with Gasteiger partial charge in [-0.15, -0.1) is 0 Å². The summed E-state index contributed by atoms with van der Waals surface area (Å²) < 4.78 is 0. The Morgan fingerprint density at radius 2 is 1.88 bits per heavy atom. The Labute approximate surface area is 103 Å². The minimum atomic E-state index is 0.340. The first kappa shape index (κ1) is 10.0. The Morgan fingerprint density at radius 3 is 2.59 bits per heavy atom. The lowest BCUT2D eigenvalue weighted by Gasteiger charge is -2.35. The van der Waals surface area contributed by atoms with E-state index in [0.717, 1.165) is 5.92 Å². The van der Waals surface area contributed by atoms with Gasteiger partial charge in [-0.1, -0.05) is 20.8 Å². The van der Waals surface area contributed by atoms with E-state index in [9.17, 15) is 0 Å². The molecule has 1 aromatic heterocycles. The molecule has 2 nitrogen and oxygen atoms in total. The van der Waals surface area contributed by atoms with Crippen molar-refractivity contribution in [3.63, 3.8) is 0 Å². The molecular formula is C15H20N2. The summed E-state index contributed by atoms with van der Waals surface area (Å²) in [6.07, 6.45) is 5.26. The molecule has 90 valence electrons. The second kappa shape index (κ2) is 2.73. The largest absolute Gasteiger partial charge is 0.155 e. The van der Waals surface area contributed by atoms with Crippen molar-refractivity contribution in [1.29, 1.82) is 0 Å². The predicted molar refractivity (Wildman–Crippen MR) is 67.1 cm³/mol. The monoisotopic (exact) mass is 228 g/mol. The SMILES string of the molecule is CC1(C)[C@H]2CC[C@]1(C)c1cc(C3CC3)nnc12. The predicted octanol–water partition coefficient (Wildman–Crippen LogP) is 3.53. The van der Waals surface area contributed by atoms with Gasteiger partial charge in [0.1, 0.15) is 0 Å². The highest BCUT2D eigenvalue weighted by Gasteiger charge is 2.60. The molecule has 4 rings (SSSR count). The van der Waals surface area contributed by atoms with Gasteiger partial charge in [-0.05, 0) is 42.7 Å². The van der Waals surface area contributed by atoms with Crippen LogP contribution < -0.4 is 0 Å². The molecule has 0 radical (unpaired) electrons. The molecule has 0 spiro atoms. The third kappa shape index (κ3) is 1.03. The Balaban J connectivity index is 1.91. The Hall–Kier alpha value is -0.920. The highest BCUT2D eigenvalue weighted by Crippen LogP contribution is 2.67. The van der Waals surface area contributed by atoms with Crippen LogP contribution in [-0.2, 0) is 5.41 Å². The molecule has 0 aliphatic heterocycles. The van der Waals surface area contributed by atoms with E-state index < -0.39 is 0 Å². The maximum absolute atomic E-state index is 4.59. The molecule has 0 N–H and O–H groups in total. The third-order valence-corrected chi connectivity index (χ3v) is 5.99. The van der Waals surface area contributed by atoms with Gasteiger partial charge in [-0.3, -0.25) is 0 Å². The lowest BCUT2D eigenvalue weighted by Crippen LogP contribution is -2.31. The normalized spacial score (nSPS) is 37.2. The molecule has 2 saturated carbocycles. The number of aromatic nitrogens is 2. The summed E-state index contributed by atoms with van der Waals surface area (Å²) in [5.41, 5.74) is 4.80. The zero-order chi connectivity index (χ0) is 11.8. The summed E-state index contributed by atoms with van der Waals surface area (Å²) in [6, 6.07) is 2.39. The molecule has 3 aliphatic carbocycles. The van der Waals surface area contributed by atoms with E-state index >= 15 is 0 Å². The minimum Gasteiger partial charge on any atom is -0.155 e. The van der Waals surface area contributed by atoms with Gasteiger partial charge >= 0.3 is 0 Å². The van der Waals surface area contributed by atoms with Crippen molar-refractivity contribution in [1.82, 2.24) is 10.2 Å². The minimum absolute atomic E-state index is 0.340. The molecule has 0 unspecified atom stereocenters. The fourth-order valence-electron chi connectivity index (χ4n) is 4.15. The van der Waals surface area contributed by atoms with E-state index in [1.165, 1.54) is 42.6 Å². The number of fused-ring (bicyclic) bond motifs is 5. The molecule has 2 heteroatoms. The molecule has 0 aromatic carbocycles. The van der Waals surface area contributed by atoms with Crippen molar-refractivity contribution in [3.05, 3.63) is 23.0 Å². The van der Waals surface area contributed by atoms with Gasteiger partial charge in [-0.25, -0.2) is 0 Å². The van der Waals surface area contributed by atoms with Crippen LogP contribution in [0.1, 0.15) is 75.2 Å². The van der Waals surface area contributed by atoms with Crippen LogP contribution in [0.25, 0.3) is 0 Å². The molecule has 2 fully saturated rings. The summed E-state index contributed by atoms with van der Waals surface area (Å²) in [6.45, 7) is 7.28. The van der Waals surface area contributed by atoms with Crippen LogP contribution in [0.3, 0.4) is 0 Å². The lowest BCUT2D eigenvalue weighted by atomic mass is 9.68. The van der Waals surface area contributed by atoms with E-state index in [4.69, 9.17) is 0 Å². The van der Waals surface area contributed by atoms with Crippen molar-refractivity contribution >= 4 is 0 Å². The van der Waals surface area contributed by atoms with Crippen LogP contribution in [0.4, 0.5) is 0 Å². The third-order valence-electron chi connectivity index (χ3n) is 5.99. The van der Waals surface area contributed by atoms with Gasteiger partial charge < -0.3 is 0 Å². The smallest absolute Gasteiger partial charge is 0.0705 e. The van der Waals surface area contributed by atoms with Gasteiger partial charge in [0.2, 0.25) is 0 Å². The maximum Gasteiger partial charge on any atom is 0.0705 e. The molecule has 2 bridgehead atoms. The van der Waals surface area contributed by atoms with Gasteiger partial charge in [-0.2, -0.15) is 10.2 Å². The maximum atomic E-state index is 4.59. The summed E-state index contributed by atoms with van der Waals surface area (Å²) in [5, 5.41) is 9.07. The van der Waals surface area contributed by atoms with Crippen molar-refractivity contribution in [2.24, 2.45) is 5.41 Å². The fraction of sp³-hybridized carbons (Fsp3) is 0.733. The molecule has 1 heterocycles. The van der Waals surface area contributed by atoms with E-state index in [0.29, 0.717) is 16.7 Å². The Morgan fingerprint density at radius 1 is 1.12 bits per heavy atom. The second-order valence-electron chi connectivity index (χ2n) is 6.99. The first-order valence-electron chi connectivity index (χ1n) is 6.92. The molecule has 2 atom stereocenters. The van der Waals surface area contributed by atoms with Crippen molar-refractivity contribution < 1.29 is 0 Å². The standard InChI is InChI=1S/C15H20N2/c1-14(2)10-6-7-15(14,3)11-8-12(9-4-5-9)16-17-13(10)11/h8-10H,4-7H2,1-3H3/t10-,15+/m0/s1. The van der Waals surface area contributed by atoms with E-state index in [1.54, 1.807) is 0 Å². The quantitative estimate of drug-likeness (QED) is 0.735. The first-order valence-corrected chi connectivity index (χ1v) is 6.92. The summed E-state index contributed by atoms with van der Waals surface area (Å²) >= 11 is 0. The number of rotatable bonds is 1. The summed E-state index contributed by atoms with van der Waals surface area (Å²) in [7, 11) is 0. The topological polar surface area (TPSA) is 25.8 Å². The van der Waals surface area contributed by atoms with E-state index in [2.05, 4.69) is 37.0 Å². The van der Waals surface area contributed by atoms with E-state index in [-0.39, 0.29) is 0 Å². The van der Waals surface area contributed by atoms with Crippen LogP contribution in [0.15, 0.2) is 6.07 Å². The van der Waals surface area contributed by atoms with Crippen LogP contribution in [0.5, 0.6) is 0 Å². The highest BCUT2D eigenvalue weighted by molar-refractivity contribution is 5.46. The van der Waals surface area contributed by atoms with Crippen molar-refractivity contribution in [3.8, 4) is 0 Å². The van der Waals surface area contributed by atoms with Crippen molar-refractivity contribution in [2.45, 2.75) is 63.7 Å². The van der Waals surface area contributed by atoms with Crippen LogP contribution in [0, 0.1) is 5.41 Å². The summed E-state index contributed by atoms with van der Waals surface area (Å²) in [4.78, 5) is 0. The second-order valence-corrected chi connectivity index (χ2v) is 6.99. The van der Waals surface area contributed by atoms with E-state index in [1.807, 2.05) is 0 Å². The average Bonchev–Trinajstić information content (AvgIpc) is 3.07. The highest BCUT2D eigenvalue weighted by atomic mass is 15.1. The zero-order valence-corrected chi connectivity index (χ0v) is 11.0. The van der Waals surface area contributed by atoms with Crippen LogP contribution in [0.2, 0.25) is 0 Å². The zero-order valence-electron chi connectivity index (χ0n) is 11.0. The molecule has 17 heavy (non-hydrogen) atoms. The molecular weight excluding hydrogens is 208 g/mol. The van der Waals surface area contributed by atoms with Gasteiger partial charge in [0.05, 0.1) is 11.4 Å². The molecule has 3 aliphatic rings. The first-order chi connectivity index (χ1) is 8.04.